The van der Waals surface area contributed by atoms with Crippen molar-refractivity contribution < 1.29 is 4.74 Å². The number of nitrogen functional groups attached to an aromatic ring is 1. The van der Waals surface area contributed by atoms with Gasteiger partial charge in [-0.1, -0.05) is 24.3 Å². The van der Waals surface area contributed by atoms with E-state index in [4.69, 9.17) is 10.5 Å². The highest BCUT2D eigenvalue weighted by atomic mass is 16.5. The summed E-state index contributed by atoms with van der Waals surface area (Å²) in [6.45, 7) is 2.58. The number of benzene rings is 2. The van der Waals surface area contributed by atoms with Crippen LogP contribution in [0.4, 0.5) is 5.82 Å². The van der Waals surface area contributed by atoms with Gasteiger partial charge in [-0.2, -0.15) is 0 Å². The van der Waals surface area contributed by atoms with Gasteiger partial charge in [-0.15, -0.1) is 0 Å². The molecule has 3 rings (SSSR count). The van der Waals surface area contributed by atoms with E-state index in [2.05, 4.69) is 9.97 Å². The topological polar surface area (TPSA) is 61.0 Å². The van der Waals surface area contributed by atoms with Gasteiger partial charge in [0.15, 0.2) is 5.82 Å². The van der Waals surface area contributed by atoms with Crippen molar-refractivity contribution in [2.24, 2.45) is 0 Å². The van der Waals surface area contributed by atoms with E-state index in [-0.39, 0.29) is 0 Å². The number of para-hydroxylation sites is 2. The van der Waals surface area contributed by atoms with Crippen LogP contribution in [0.25, 0.3) is 22.3 Å². The van der Waals surface area contributed by atoms with E-state index in [0.29, 0.717) is 18.1 Å². The predicted octanol–water partition coefficient (Wildman–Crippen LogP) is 3.28. The number of hydrogen-bond donors (Lipinski definition) is 1. The van der Waals surface area contributed by atoms with Crippen LogP contribution in [0.1, 0.15) is 6.92 Å². The highest BCUT2D eigenvalue weighted by Crippen LogP contribution is 2.27. The molecule has 2 aromatic carbocycles. The molecule has 0 amide bonds. The third-order valence-corrected chi connectivity index (χ3v) is 3.02. The van der Waals surface area contributed by atoms with Gasteiger partial charge < -0.3 is 10.5 Å². The molecule has 4 nitrogen and oxygen atoms in total. The summed E-state index contributed by atoms with van der Waals surface area (Å²) in [5.41, 5.74) is 9.26. The van der Waals surface area contributed by atoms with Gasteiger partial charge in [-0.25, -0.2) is 9.97 Å². The lowest BCUT2D eigenvalue weighted by molar-refractivity contribution is 0.340. The lowest BCUT2D eigenvalue weighted by atomic mass is 10.1. The van der Waals surface area contributed by atoms with Crippen LogP contribution in [0.5, 0.6) is 5.75 Å². The maximum atomic E-state index is 6.03. The molecule has 0 atom stereocenters. The average Bonchev–Trinajstić information content (AvgIpc) is 2.47. The van der Waals surface area contributed by atoms with Crippen molar-refractivity contribution in [3.05, 3.63) is 48.5 Å². The molecule has 2 N–H and O–H groups in total. The van der Waals surface area contributed by atoms with Crippen molar-refractivity contribution in [1.29, 1.82) is 0 Å². The molecular weight excluding hydrogens is 250 g/mol. The Hall–Kier alpha value is -2.62. The van der Waals surface area contributed by atoms with Crippen molar-refractivity contribution in [2.45, 2.75) is 6.92 Å². The molecule has 1 heterocycles. The van der Waals surface area contributed by atoms with Crippen molar-refractivity contribution in [3.8, 4) is 17.0 Å². The normalized spacial score (nSPS) is 10.7. The Balaban J connectivity index is 2.13. The molecular formula is C16H15N3O. The summed E-state index contributed by atoms with van der Waals surface area (Å²) in [4.78, 5) is 9.01. The molecule has 0 bridgehead atoms. The van der Waals surface area contributed by atoms with Crippen LogP contribution >= 0.6 is 0 Å². The Morgan fingerprint density at radius 1 is 1.00 bits per heavy atom. The lowest BCUT2D eigenvalue weighted by Gasteiger charge is -2.08. The second-order valence-electron chi connectivity index (χ2n) is 4.41. The molecule has 0 aliphatic heterocycles. The van der Waals surface area contributed by atoms with Gasteiger partial charge in [0.2, 0.25) is 0 Å². The first-order chi connectivity index (χ1) is 9.78. The second kappa shape index (κ2) is 5.17. The number of rotatable bonds is 3. The number of nitrogens with two attached hydrogens (primary N) is 1. The molecule has 0 unspecified atom stereocenters. The molecule has 3 aromatic rings. The highest BCUT2D eigenvalue weighted by molar-refractivity contribution is 5.82. The number of hydrogen-bond acceptors (Lipinski definition) is 4. The zero-order valence-electron chi connectivity index (χ0n) is 11.2. The summed E-state index contributed by atoms with van der Waals surface area (Å²) in [5, 5.41) is 0. The van der Waals surface area contributed by atoms with E-state index in [9.17, 15) is 0 Å². The first-order valence-electron chi connectivity index (χ1n) is 6.53. The molecule has 100 valence electrons. The predicted molar refractivity (Wildman–Crippen MR) is 80.6 cm³/mol. The van der Waals surface area contributed by atoms with Crippen LogP contribution in [-0.4, -0.2) is 16.6 Å². The number of ether oxygens (including phenoxy) is 1. The van der Waals surface area contributed by atoms with Gasteiger partial charge in [0.1, 0.15) is 11.4 Å². The summed E-state index contributed by atoms with van der Waals surface area (Å²) < 4.78 is 5.51. The summed E-state index contributed by atoms with van der Waals surface area (Å²) >= 11 is 0. The van der Waals surface area contributed by atoms with Crippen LogP contribution in [0.15, 0.2) is 48.5 Å². The fourth-order valence-electron chi connectivity index (χ4n) is 2.13. The van der Waals surface area contributed by atoms with Gasteiger partial charge in [0, 0.05) is 5.56 Å². The van der Waals surface area contributed by atoms with Crippen LogP contribution in [0.3, 0.4) is 0 Å². The van der Waals surface area contributed by atoms with Crippen molar-refractivity contribution in [1.82, 2.24) is 9.97 Å². The fraction of sp³-hybridized carbons (Fsp3) is 0.125. The maximum Gasteiger partial charge on any atom is 0.150 e. The van der Waals surface area contributed by atoms with Gasteiger partial charge in [-0.05, 0) is 31.2 Å². The minimum atomic E-state index is 0.428. The summed E-state index contributed by atoms with van der Waals surface area (Å²) in [7, 11) is 0. The standard InChI is InChI=1S/C16H15N3O/c1-2-20-12-7-5-6-11(10-12)15-16(17)19-14-9-4-3-8-13(14)18-15/h3-10H,2H2,1H3,(H2,17,19). The Bertz CT molecular complexity index is 756. The maximum absolute atomic E-state index is 6.03. The Kier molecular flexibility index (Phi) is 3.21. The molecule has 0 aliphatic rings. The lowest BCUT2D eigenvalue weighted by Crippen LogP contribution is -1.99. The molecule has 4 heteroatoms. The molecule has 0 spiro atoms. The third kappa shape index (κ3) is 2.28. The molecule has 0 fully saturated rings. The largest absolute Gasteiger partial charge is 0.494 e. The van der Waals surface area contributed by atoms with E-state index < -0.39 is 0 Å². The van der Waals surface area contributed by atoms with E-state index >= 15 is 0 Å². The summed E-state index contributed by atoms with van der Waals surface area (Å²) in [5.74, 6) is 1.23. The van der Waals surface area contributed by atoms with E-state index in [1.807, 2.05) is 55.5 Å². The molecule has 1 aromatic heterocycles. The van der Waals surface area contributed by atoms with Gasteiger partial charge >= 0.3 is 0 Å². The van der Waals surface area contributed by atoms with E-state index in [0.717, 1.165) is 22.3 Å². The Morgan fingerprint density at radius 2 is 1.75 bits per heavy atom. The fourth-order valence-corrected chi connectivity index (χ4v) is 2.13. The van der Waals surface area contributed by atoms with Crippen molar-refractivity contribution in [3.63, 3.8) is 0 Å². The van der Waals surface area contributed by atoms with Crippen molar-refractivity contribution >= 4 is 16.9 Å². The quantitative estimate of drug-likeness (QED) is 0.789. The van der Waals surface area contributed by atoms with Crippen LogP contribution in [0, 0.1) is 0 Å². The van der Waals surface area contributed by atoms with Crippen LogP contribution in [-0.2, 0) is 0 Å². The number of fused-ring (bicyclic) bond motifs is 1. The zero-order valence-corrected chi connectivity index (χ0v) is 11.2. The van der Waals surface area contributed by atoms with E-state index in [1.54, 1.807) is 0 Å². The minimum absolute atomic E-state index is 0.428. The second-order valence-corrected chi connectivity index (χ2v) is 4.41. The van der Waals surface area contributed by atoms with Crippen molar-refractivity contribution in [2.75, 3.05) is 12.3 Å². The summed E-state index contributed by atoms with van der Waals surface area (Å²) in [6.07, 6.45) is 0. The minimum Gasteiger partial charge on any atom is -0.494 e. The van der Waals surface area contributed by atoms with Crippen LogP contribution in [0.2, 0.25) is 0 Å². The number of anilines is 1. The Labute approximate surface area is 117 Å². The summed E-state index contributed by atoms with van der Waals surface area (Å²) in [6, 6.07) is 15.4. The van der Waals surface area contributed by atoms with Gasteiger partial charge in [0.05, 0.1) is 17.6 Å². The van der Waals surface area contributed by atoms with Gasteiger partial charge in [0.25, 0.3) is 0 Å². The zero-order chi connectivity index (χ0) is 13.9. The van der Waals surface area contributed by atoms with E-state index in [1.165, 1.54) is 0 Å². The highest BCUT2D eigenvalue weighted by Gasteiger charge is 2.09. The molecule has 0 aliphatic carbocycles. The molecule has 0 radical (unpaired) electrons. The number of aromatic nitrogens is 2. The average molecular weight is 265 g/mol. The molecule has 0 saturated carbocycles. The van der Waals surface area contributed by atoms with Gasteiger partial charge in [-0.3, -0.25) is 0 Å². The first kappa shape index (κ1) is 12.4. The molecule has 20 heavy (non-hydrogen) atoms. The third-order valence-electron chi connectivity index (χ3n) is 3.02. The Morgan fingerprint density at radius 3 is 2.50 bits per heavy atom. The smallest absolute Gasteiger partial charge is 0.150 e. The monoisotopic (exact) mass is 265 g/mol. The van der Waals surface area contributed by atoms with Crippen LogP contribution < -0.4 is 10.5 Å². The SMILES string of the molecule is CCOc1cccc(-c2nc3ccccc3nc2N)c1. The molecule has 0 saturated heterocycles. The number of nitrogens with zero attached hydrogens (tertiary/aromatic N) is 2. The first-order valence-corrected chi connectivity index (χ1v) is 6.53.